The van der Waals surface area contributed by atoms with Crippen molar-refractivity contribution in [3.8, 4) is 5.75 Å². The molecule has 0 fully saturated rings. The average Bonchev–Trinajstić information content (AvgIpc) is 2.34. The van der Waals surface area contributed by atoms with Gasteiger partial charge in [-0.05, 0) is 12.1 Å². The molecular weight excluding hydrogens is 337 g/mol. The summed E-state index contributed by atoms with van der Waals surface area (Å²) in [5.74, 6) is -0.840. The summed E-state index contributed by atoms with van der Waals surface area (Å²) in [6.45, 7) is 0. The topological polar surface area (TPSA) is 78.3 Å². The fraction of sp³-hybridized carbons (Fsp3) is 0.200. The molecule has 2 rings (SSSR count). The maximum absolute atomic E-state index is 12.3. The molecule has 0 spiro atoms. The van der Waals surface area contributed by atoms with Crippen LogP contribution < -0.4 is 9.74 Å². The lowest BCUT2D eigenvalue weighted by atomic mass is 10.3. The van der Waals surface area contributed by atoms with E-state index < -0.39 is 26.9 Å². The van der Waals surface area contributed by atoms with Crippen LogP contribution in [0.3, 0.4) is 0 Å². The van der Waals surface area contributed by atoms with Gasteiger partial charge in [-0.15, -0.1) is 0 Å². The minimum absolute atomic E-state index is 0.0688. The zero-order chi connectivity index (χ0) is 16.0. The quantitative estimate of drug-likeness (QED) is 0.472. The van der Waals surface area contributed by atoms with Crippen molar-refractivity contribution in [1.29, 1.82) is 0 Å². The van der Waals surface area contributed by atoms with Crippen LogP contribution >= 0.6 is 11.6 Å². The molecule has 2 heterocycles. The Morgan fingerprint density at radius 3 is 2.52 bits per heavy atom. The molecular formula is C10H6ClF3N2O4S. The highest BCUT2D eigenvalue weighted by molar-refractivity contribution is 7.88. The van der Waals surface area contributed by atoms with E-state index in [0.29, 0.717) is 6.07 Å². The van der Waals surface area contributed by atoms with Crippen molar-refractivity contribution in [2.24, 2.45) is 7.05 Å². The molecule has 2 aromatic heterocycles. The van der Waals surface area contributed by atoms with Crippen LogP contribution in [0.4, 0.5) is 13.2 Å². The number of aromatic nitrogens is 2. The van der Waals surface area contributed by atoms with Crippen LogP contribution in [0.2, 0.25) is 5.15 Å². The first kappa shape index (κ1) is 15.6. The van der Waals surface area contributed by atoms with Gasteiger partial charge in [0, 0.05) is 13.1 Å². The molecule has 0 unspecified atom stereocenters. The van der Waals surface area contributed by atoms with E-state index in [2.05, 4.69) is 9.17 Å². The van der Waals surface area contributed by atoms with Crippen LogP contribution in [0.5, 0.6) is 5.75 Å². The van der Waals surface area contributed by atoms with Crippen LogP contribution in [0, 0.1) is 0 Å². The number of hydrogen-bond acceptors (Lipinski definition) is 5. The lowest BCUT2D eigenvalue weighted by Gasteiger charge is -2.12. The molecule has 0 amide bonds. The Hall–Kier alpha value is -1.81. The summed E-state index contributed by atoms with van der Waals surface area (Å²) in [4.78, 5) is 15.3. The zero-order valence-corrected chi connectivity index (χ0v) is 11.8. The van der Waals surface area contributed by atoms with Crippen LogP contribution in [-0.2, 0) is 17.2 Å². The van der Waals surface area contributed by atoms with Gasteiger partial charge in [0.15, 0.2) is 5.75 Å². The molecule has 0 saturated carbocycles. The highest BCUT2D eigenvalue weighted by Crippen LogP contribution is 2.30. The molecule has 0 aliphatic rings. The molecule has 0 bridgehead atoms. The molecule has 0 saturated heterocycles. The van der Waals surface area contributed by atoms with Gasteiger partial charge < -0.3 is 8.75 Å². The maximum atomic E-state index is 12.3. The number of rotatable bonds is 2. The summed E-state index contributed by atoms with van der Waals surface area (Å²) in [6, 6.07) is 3.19. The van der Waals surface area contributed by atoms with Crippen LogP contribution in [-0.4, -0.2) is 23.5 Å². The molecule has 0 aliphatic heterocycles. The largest absolute Gasteiger partial charge is 0.534 e. The number of halogens is 4. The van der Waals surface area contributed by atoms with Crippen molar-refractivity contribution in [2.75, 3.05) is 0 Å². The smallest absolute Gasteiger partial charge is 0.373 e. The number of alkyl halides is 3. The summed E-state index contributed by atoms with van der Waals surface area (Å²) in [7, 11) is -4.58. The second kappa shape index (κ2) is 4.88. The SMILES string of the molecule is Cn1c(=O)cc(OS(=O)(=O)C(F)(F)F)c2nc(Cl)ccc21. The van der Waals surface area contributed by atoms with E-state index in [-0.39, 0.29) is 16.2 Å². The van der Waals surface area contributed by atoms with Crippen molar-refractivity contribution in [2.45, 2.75) is 5.51 Å². The molecule has 0 radical (unpaired) electrons. The van der Waals surface area contributed by atoms with Gasteiger partial charge in [0.2, 0.25) is 0 Å². The summed E-state index contributed by atoms with van der Waals surface area (Å²) in [5.41, 5.74) is -6.60. The Balaban J connectivity index is 2.73. The lowest BCUT2D eigenvalue weighted by molar-refractivity contribution is -0.0499. The summed E-state index contributed by atoms with van der Waals surface area (Å²) < 4.78 is 64.1. The van der Waals surface area contributed by atoms with Gasteiger partial charge in [-0.2, -0.15) is 21.6 Å². The van der Waals surface area contributed by atoms with Gasteiger partial charge in [0.1, 0.15) is 10.7 Å². The molecule has 11 heteroatoms. The van der Waals surface area contributed by atoms with Crippen molar-refractivity contribution >= 4 is 32.8 Å². The van der Waals surface area contributed by atoms with E-state index in [1.54, 1.807) is 0 Å². The van der Waals surface area contributed by atoms with Gasteiger partial charge in [-0.1, -0.05) is 11.6 Å². The summed E-state index contributed by atoms with van der Waals surface area (Å²) in [5, 5.41) is -0.101. The monoisotopic (exact) mass is 342 g/mol. The summed E-state index contributed by atoms with van der Waals surface area (Å²) >= 11 is 5.62. The molecule has 0 atom stereocenters. The van der Waals surface area contributed by atoms with Crippen molar-refractivity contribution in [1.82, 2.24) is 9.55 Å². The fourth-order valence-corrected chi connectivity index (χ4v) is 2.11. The minimum atomic E-state index is -5.92. The average molecular weight is 343 g/mol. The minimum Gasteiger partial charge on any atom is -0.373 e. The van der Waals surface area contributed by atoms with Gasteiger partial charge >= 0.3 is 15.6 Å². The van der Waals surface area contributed by atoms with Gasteiger partial charge in [-0.25, -0.2) is 4.98 Å². The zero-order valence-electron chi connectivity index (χ0n) is 10.2. The second-order valence-corrected chi connectivity index (χ2v) is 5.82. The van der Waals surface area contributed by atoms with E-state index in [4.69, 9.17) is 11.6 Å². The molecule has 114 valence electrons. The first-order chi connectivity index (χ1) is 9.53. The normalized spacial score (nSPS) is 12.6. The molecule has 0 aromatic carbocycles. The highest BCUT2D eigenvalue weighted by atomic mass is 35.5. The van der Waals surface area contributed by atoms with Gasteiger partial charge in [0.25, 0.3) is 5.56 Å². The van der Waals surface area contributed by atoms with Crippen molar-refractivity contribution < 1.29 is 25.8 Å². The van der Waals surface area contributed by atoms with E-state index in [1.165, 1.54) is 19.2 Å². The van der Waals surface area contributed by atoms with Crippen LogP contribution in [0.1, 0.15) is 0 Å². The predicted octanol–water partition coefficient (Wildman–Crippen LogP) is 1.82. The Morgan fingerprint density at radius 2 is 1.95 bits per heavy atom. The predicted molar refractivity (Wildman–Crippen MR) is 67.6 cm³/mol. The third-order valence-electron chi connectivity index (χ3n) is 2.50. The standard InChI is InChI=1S/C10H6ClF3N2O4S/c1-16-5-2-3-7(11)15-9(5)6(4-8(16)17)20-21(18,19)10(12,13)14/h2-4H,1H3. The Morgan fingerprint density at radius 1 is 1.33 bits per heavy atom. The number of nitrogens with zero attached hydrogens (tertiary/aromatic N) is 2. The lowest BCUT2D eigenvalue weighted by Crippen LogP contribution is -2.29. The Labute approximate surface area is 120 Å². The van der Waals surface area contributed by atoms with E-state index >= 15 is 0 Å². The Kier molecular flexibility index (Phi) is 3.62. The fourth-order valence-electron chi connectivity index (χ4n) is 1.50. The van der Waals surface area contributed by atoms with Crippen molar-refractivity contribution in [3.63, 3.8) is 0 Å². The second-order valence-electron chi connectivity index (χ2n) is 3.89. The van der Waals surface area contributed by atoms with Crippen LogP contribution in [0.25, 0.3) is 11.0 Å². The third-order valence-corrected chi connectivity index (χ3v) is 3.68. The van der Waals surface area contributed by atoms with Crippen molar-refractivity contribution in [3.05, 3.63) is 33.7 Å². The summed E-state index contributed by atoms with van der Waals surface area (Å²) in [6.07, 6.45) is 0. The molecule has 21 heavy (non-hydrogen) atoms. The van der Waals surface area contributed by atoms with E-state index in [1.807, 2.05) is 0 Å². The molecule has 0 N–H and O–H groups in total. The molecule has 2 aromatic rings. The number of fused-ring (bicyclic) bond motifs is 1. The highest BCUT2D eigenvalue weighted by Gasteiger charge is 2.48. The number of aryl methyl sites for hydroxylation is 1. The van der Waals surface area contributed by atoms with Crippen LogP contribution in [0.15, 0.2) is 23.0 Å². The van der Waals surface area contributed by atoms with Gasteiger partial charge in [-0.3, -0.25) is 4.79 Å². The third kappa shape index (κ3) is 2.81. The first-order valence-corrected chi connectivity index (χ1v) is 6.98. The first-order valence-electron chi connectivity index (χ1n) is 5.20. The molecule has 0 aliphatic carbocycles. The number of pyridine rings is 2. The van der Waals surface area contributed by atoms with E-state index in [9.17, 15) is 26.4 Å². The Bertz CT molecular complexity index is 876. The maximum Gasteiger partial charge on any atom is 0.534 e. The molecule has 6 nitrogen and oxygen atoms in total. The van der Waals surface area contributed by atoms with E-state index in [0.717, 1.165) is 4.57 Å². The number of hydrogen-bond donors (Lipinski definition) is 0. The van der Waals surface area contributed by atoms with Gasteiger partial charge in [0.05, 0.1) is 5.52 Å².